The van der Waals surface area contributed by atoms with Crippen LogP contribution in [0.15, 0.2) is 54.8 Å². The van der Waals surface area contributed by atoms with E-state index in [1.165, 1.54) is 17.7 Å². The zero-order valence-electron chi connectivity index (χ0n) is 13.9. The third-order valence-electron chi connectivity index (χ3n) is 4.07. The molecule has 0 heterocycles. The Morgan fingerprint density at radius 2 is 1.87 bits per heavy atom. The third-order valence-corrected chi connectivity index (χ3v) is 7.28. The van der Waals surface area contributed by atoms with Crippen molar-refractivity contribution in [3.8, 4) is 0 Å². The van der Waals surface area contributed by atoms with Gasteiger partial charge in [-0.15, -0.1) is 6.58 Å². The summed E-state index contributed by atoms with van der Waals surface area (Å²) in [7, 11) is -0.270. The molecule has 3 nitrogen and oxygen atoms in total. The highest BCUT2D eigenvalue weighted by molar-refractivity contribution is 6.91. The molecule has 0 radical (unpaired) electrons. The summed E-state index contributed by atoms with van der Waals surface area (Å²) < 4.78 is 4.67. The smallest absolute Gasteiger partial charge is 0.353 e. The van der Waals surface area contributed by atoms with Gasteiger partial charge in [0.25, 0.3) is 0 Å². The van der Waals surface area contributed by atoms with E-state index in [4.69, 9.17) is 5.73 Å². The molecule has 0 aliphatic heterocycles. The van der Waals surface area contributed by atoms with Crippen LogP contribution in [0.5, 0.6) is 0 Å². The van der Waals surface area contributed by atoms with E-state index < -0.39 is 14.0 Å². The van der Waals surface area contributed by atoms with Gasteiger partial charge in [-0.3, -0.25) is 0 Å². The van der Waals surface area contributed by atoms with Gasteiger partial charge in [0, 0.05) is 0 Å². The Labute approximate surface area is 138 Å². The normalized spacial score (nSPS) is 12.2. The number of rotatable bonds is 5. The summed E-state index contributed by atoms with van der Waals surface area (Å²) in [5.41, 5.74) is 6.84. The molecule has 0 amide bonds. The molecule has 120 valence electrons. The molecule has 0 aliphatic rings. The van der Waals surface area contributed by atoms with Crippen molar-refractivity contribution in [1.29, 1.82) is 0 Å². The number of allylic oxidation sites excluding steroid dienone is 1. The fourth-order valence-corrected chi connectivity index (χ4v) is 5.28. The minimum absolute atomic E-state index is 0.105. The molecular weight excluding hydrogens is 302 g/mol. The Hall–Kier alpha value is -2.33. The van der Waals surface area contributed by atoms with Crippen LogP contribution in [0.2, 0.25) is 19.1 Å². The fourth-order valence-electron chi connectivity index (χ4n) is 2.85. The summed E-state index contributed by atoms with van der Waals surface area (Å²) in [6.07, 6.45) is 3.68. The van der Waals surface area contributed by atoms with Crippen LogP contribution < -0.4 is 10.9 Å². The summed E-state index contributed by atoms with van der Waals surface area (Å²) in [5.74, 6) is -0.514. The number of carbonyl (C=O) groups is 1. The van der Waals surface area contributed by atoms with Gasteiger partial charge in [0.05, 0.1) is 15.2 Å². The van der Waals surface area contributed by atoms with Crippen molar-refractivity contribution in [2.75, 3.05) is 7.11 Å². The van der Waals surface area contributed by atoms with Gasteiger partial charge >= 0.3 is 5.97 Å². The van der Waals surface area contributed by atoms with Gasteiger partial charge in [0.1, 0.15) is 5.70 Å². The van der Waals surface area contributed by atoms with Crippen LogP contribution in [0.1, 0.15) is 5.56 Å². The van der Waals surface area contributed by atoms with Crippen molar-refractivity contribution < 1.29 is 9.53 Å². The van der Waals surface area contributed by atoms with E-state index in [-0.39, 0.29) is 5.70 Å². The van der Waals surface area contributed by atoms with Crippen molar-refractivity contribution in [3.05, 3.63) is 60.3 Å². The molecule has 2 aromatic rings. The minimum Gasteiger partial charge on any atom is -0.464 e. The van der Waals surface area contributed by atoms with Crippen molar-refractivity contribution in [1.82, 2.24) is 0 Å². The Balaban J connectivity index is 2.65. The van der Waals surface area contributed by atoms with E-state index in [0.29, 0.717) is 0 Å². The van der Waals surface area contributed by atoms with Crippen molar-refractivity contribution in [3.63, 3.8) is 0 Å². The monoisotopic (exact) mass is 325 g/mol. The number of benzene rings is 2. The minimum atomic E-state index is -1.60. The molecular formula is C19H23NO2Si. The van der Waals surface area contributed by atoms with Gasteiger partial charge in [-0.2, -0.15) is 0 Å². The van der Waals surface area contributed by atoms with Crippen LogP contribution in [-0.4, -0.2) is 21.2 Å². The first kappa shape index (κ1) is 17.0. The highest BCUT2D eigenvalue weighted by atomic mass is 28.3. The van der Waals surface area contributed by atoms with Crippen LogP contribution in [0.25, 0.3) is 16.8 Å². The number of hydrogen-bond acceptors (Lipinski definition) is 3. The molecule has 2 aromatic carbocycles. The van der Waals surface area contributed by atoms with Gasteiger partial charge in [-0.05, 0) is 28.5 Å². The van der Waals surface area contributed by atoms with Gasteiger partial charge in [-0.1, -0.05) is 60.8 Å². The Kier molecular flexibility index (Phi) is 5.06. The van der Waals surface area contributed by atoms with Crippen LogP contribution >= 0.6 is 0 Å². The lowest BCUT2D eigenvalue weighted by atomic mass is 10.0. The molecule has 0 aliphatic carbocycles. The van der Waals surface area contributed by atoms with E-state index in [1.54, 1.807) is 6.08 Å². The van der Waals surface area contributed by atoms with Crippen LogP contribution in [0.4, 0.5) is 0 Å². The predicted molar refractivity (Wildman–Crippen MR) is 100 cm³/mol. The third kappa shape index (κ3) is 3.54. The Morgan fingerprint density at radius 1 is 1.22 bits per heavy atom. The van der Waals surface area contributed by atoms with Crippen LogP contribution in [0.3, 0.4) is 0 Å². The lowest BCUT2D eigenvalue weighted by Gasteiger charge is -2.24. The number of ether oxygens (including phenoxy) is 1. The molecule has 0 aromatic heterocycles. The lowest BCUT2D eigenvalue weighted by molar-refractivity contribution is -0.136. The summed E-state index contributed by atoms with van der Waals surface area (Å²) in [6.45, 7) is 8.58. The second-order valence-electron chi connectivity index (χ2n) is 6.22. The second kappa shape index (κ2) is 6.83. The molecule has 0 fully saturated rings. The number of hydrogen-bond donors (Lipinski definition) is 1. The first-order chi connectivity index (χ1) is 10.9. The zero-order chi connectivity index (χ0) is 17.0. The molecule has 0 spiro atoms. The molecule has 0 atom stereocenters. The standard InChI is InChI=1S/C19H23NO2Si/c1-5-12-23(3,4)18-11-10-14(13-17(20)19(21)22-2)15-8-6-7-9-16(15)18/h5-11,13H,1,12,20H2,2-4H3/b17-13-. The maximum Gasteiger partial charge on any atom is 0.353 e. The van der Waals surface area contributed by atoms with E-state index in [9.17, 15) is 4.79 Å². The van der Waals surface area contributed by atoms with E-state index in [2.05, 4.69) is 42.6 Å². The molecule has 23 heavy (non-hydrogen) atoms. The number of fused-ring (bicyclic) bond motifs is 1. The summed E-state index contributed by atoms with van der Waals surface area (Å²) in [5, 5.41) is 3.71. The van der Waals surface area contributed by atoms with Crippen molar-refractivity contribution >= 4 is 36.1 Å². The Morgan fingerprint density at radius 3 is 2.48 bits per heavy atom. The maximum absolute atomic E-state index is 11.5. The molecule has 0 unspecified atom stereocenters. The first-order valence-corrected chi connectivity index (χ1v) is 10.8. The van der Waals surface area contributed by atoms with E-state index in [0.717, 1.165) is 17.0 Å². The topological polar surface area (TPSA) is 52.3 Å². The summed E-state index contributed by atoms with van der Waals surface area (Å²) >= 11 is 0. The maximum atomic E-state index is 11.5. The highest BCUT2D eigenvalue weighted by Gasteiger charge is 2.24. The van der Waals surface area contributed by atoms with Crippen molar-refractivity contribution in [2.24, 2.45) is 5.73 Å². The van der Waals surface area contributed by atoms with Gasteiger partial charge < -0.3 is 10.5 Å². The fraction of sp³-hybridized carbons (Fsp3) is 0.211. The largest absolute Gasteiger partial charge is 0.464 e. The summed E-state index contributed by atoms with van der Waals surface area (Å²) in [4.78, 5) is 11.5. The quantitative estimate of drug-likeness (QED) is 0.397. The number of carbonyl (C=O) groups excluding carboxylic acids is 1. The molecule has 0 saturated carbocycles. The molecule has 2 N–H and O–H groups in total. The SMILES string of the molecule is C=CC[Si](C)(C)c1ccc(/C=C(\N)C(=O)OC)c2ccccc12. The van der Waals surface area contributed by atoms with Crippen molar-refractivity contribution in [2.45, 2.75) is 19.1 Å². The lowest BCUT2D eigenvalue weighted by Crippen LogP contribution is -2.41. The molecule has 2 rings (SSSR count). The number of esters is 1. The van der Waals surface area contributed by atoms with Crippen LogP contribution in [-0.2, 0) is 9.53 Å². The second-order valence-corrected chi connectivity index (χ2v) is 10.9. The zero-order valence-corrected chi connectivity index (χ0v) is 14.9. The average molecular weight is 325 g/mol. The summed E-state index contributed by atoms with van der Waals surface area (Å²) in [6, 6.07) is 13.5. The van der Waals surface area contributed by atoms with Gasteiger partial charge in [0.15, 0.2) is 0 Å². The molecule has 4 heteroatoms. The molecule has 0 saturated heterocycles. The Bertz CT molecular complexity index is 778. The van der Waals surface area contributed by atoms with Crippen LogP contribution in [0, 0.1) is 0 Å². The van der Waals surface area contributed by atoms with E-state index >= 15 is 0 Å². The highest BCUT2D eigenvalue weighted by Crippen LogP contribution is 2.23. The van der Waals surface area contributed by atoms with Gasteiger partial charge in [0.2, 0.25) is 0 Å². The first-order valence-electron chi connectivity index (χ1n) is 7.59. The number of methoxy groups -OCH3 is 1. The van der Waals surface area contributed by atoms with Gasteiger partial charge in [-0.25, -0.2) is 4.79 Å². The van der Waals surface area contributed by atoms with E-state index in [1.807, 2.05) is 24.3 Å². The molecule has 0 bridgehead atoms. The number of nitrogens with two attached hydrogens (primary N) is 1. The predicted octanol–water partition coefficient (Wildman–Crippen LogP) is 3.41. The average Bonchev–Trinajstić information content (AvgIpc) is 2.54.